The van der Waals surface area contributed by atoms with Crippen molar-refractivity contribution in [3.8, 4) is 0 Å². The number of methoxy groups -OCH3 is 1. The zero-order valence-corrected chi connectivity index (χ0v) is 16.5. The molecule has 0 aliphatic carbocycles. The lowest BCUT2D eigenvalue weighted by Gasteiger charge is -2.34. The highest BCUT2D eigenvalue weighted by Crippen LogP contribution is 2.19. The minimum absolute atomic E-state index is 0.0561. The van der Waals surface area contributed by atoms with Crippen molar-refractivity contribution in [3.63, 3.8) is 0 Å². The van der Waals surface area contributed by atoms with Gasteiger partial charge >= 0.3 is 0 Å². The van der Waals surface area contributed by atoms with Crippen molar-refractivity contribution < 1.29 is 14.4 Å². The molecule has 1 unspecified atom stereocenters. The van der Waals surface area contributed by atoms with Crippen LogP contribution in [0.3, 0.4) is 0 Å². The Morgan fingerprint density at radius 2 is 1.96 bits per heavy atom. The van der Waals surface area contributed by atoms with Crippen LogP contribution in [-0.4, -0.2) is 87.1 Å². The van der Waals surface area contributed by atoms with Crippen LogP contribution in [-0.2, 0) is 14.4 Å². The van der Waals surface area contributed by atoms with Gasteiger partial charge in [-0.05, 0) is 17.7 Å². The van der Waals surface area contributed by atoms with E-state index in [0.29, 0.717) is 19.7 Å². The maximum atomic E-state index is 11.9. The SMILES string of the molecule is COCCNC(=O)CN1CCN(CC2CC(c3ccc(Cl)cc3)=NO2)CC1. The molecule has 1 atom stereocenters. The molecule has 0 bridgehead atoms. The Kier molecular flexibility index (Phi) is 7.46. The number of rotatable bonds is 8. The van der Waals surface area contributed by atoms with E-state index in [2.05, 4.69) is 20.3 Å². The monoisotopic (exact) mass is 394 g/mol. The van der Waals surface area contributed by atoms with Gasteiger partial charge in [0, 0.05) is 57.8 Å². The summed E-state index contributed by atoms with van der Waals surface area (Å²) in [6.45, 7) is 6.04. The Hall–Kier alpha value is -1.67. The highest BCUT2D eigenvalue weighted by atomic mass is 35.5. The number of hydrogen-bond donors (Lipinski definition) is 1. The molecule has 0 saturated carbocycles. The van der Waals surface area contributed by atoms with Gasteiger partial charge in [-0.3, -0.25) is 14.6 Å². The zero-order valence-electron chi connectivity index (χ0n) is 15.7. The predicted molar refractivity (Wildman–Crippen MR) is 105 cm³/mol. The fourth-order valence-electron chi connectivity index (χ4n) is 3.31. The first kappa shape index (κ1) is 20.1. The summed E-state index contributed by atoms with van der Waals surface area (Å²) in [6.07, 6.45) is 0.892. The number of oxime groups is 1. The standard InChI is InChI=1S/C19H27ClN4O3/c1-26-11-6-21-19(25)14-24-9-7-23(8-10-24)13-17-12-18(22-27-17)15-2-4-16(20)5-3-15/h2-5,17H,6-14H2,1H3,(H,21,25). The highest BCUT2D eigenvalue weighted by molar-refractivity contribution is 6.30. The van der Waals surface area contributed by atoms with Gasteiger partial charge in [-0.25, -0.2) is 0 Å². The van der Waals surface area contributed by atoms with Gasteiger partial charge in [0.1, 0.15) is 6.10 Å². The molecule has 1 N–H and O–H groups in total. The van der Waals surface area contributed by atoms with E-state index in [1.165, 1.54) is 0 Å². The van der Waals surface area contributed by atoms with Crippen LogP contribution in [0, 0.1) is 0 Å². The van der Waals surface area contributed by atoms with Crippen molar-refractivity contribution in [3.05, 3.63) is 34.9 Å². The molecule has 2 heterocycles. The Bertz CT molecular complexity index is 645. The fraction of sp³-hybridized carbons (Fsp3) is 0.579. The molecule has 8 heteroatoms. The number of carbonyl (C=O) groups is 1. The molecule has 1 aromatic rings. The molecule has 0 aromatic heterocycles. The van der Waals surface area contributed by atoms with Gasteiger partial charge in [0.15, 0.2) is 0 Å². The van der Waals surface area contributed by atoms with Crippen LogP contribution in [0.5, 0.6) is 0 Å². The molecule has 2 aliphatic heterocycles. The summed E-state index contributed by atoms with van der Waals surface area (Å²) >= 11 is 5.94. The van der Waals surface area contributed by atoms with Gasteiger partial charge in [0.05, 0.1) is 18.9 Å². The maximum Gasteiger partial charge on any atom is 0.234 e. The quantitative estimate of drug-likeness (QED) is 0.671. The molecule has 2 aliphatic rings. The van der Waals surface area contributed by atoms with Gasteiger partial charge in [0.2, 0.25) is 5.91 Å². The highest BCUT2D eigenvalue weighted by Gasteiger charge is 2.26. The smallest absolute Gasteiger partial charge is 0.234 e. The van der Waals surface area contributed by atoms with Crippen LogP contribution in [0.4, 0.5) is 0 Å². The van der Waals surface area contributed by atoms with Crippen LogP contribution >= 0.6 is 11.6 Å². The Balaban J connectivity index is 1.35. The van der Waals surface area contributed by atoms with Gasteiger partial charge in [-0.15, -0.1) is 0 Å². The number of hydrogen-bond acceptors (Lipinski definition) is 6. The first-order valence-corrected chi connectivity index (χ1v) is 9.71. The molecular weight excluding hydrogens is 368 g/mol. The number of ether oxygens (including phenoxy) is 1. The second kappa shape index (κ2) is 10.0. The van der Waals surface area contributed by atoms with E-state index in [1.54, 1.807) is 7.11 Å². The number of amides is 1. The van der Waals surface area contributed by atoms with Gasteiger partial charge < -0.3 is 14.9 Å². The molecule has 1 aromatic carbocycles. The lowest BCUT2D eigenvalue weighted by Crippen LogP contribution is -2.51. The first-order chi connectivity index (χ1) is 13.1. The fourth-order valence-corrected chi connectivity index (χ4v) is 3.43. The normalized spacial score (nSPS) is 21.0. The van der Waals surface area contributed by atoms with E-state index in [1.807, 2.05) is 24.3 Å². The van der Waals surface area contributed by atoms with Crippen LogP contribution in [0.2, 0.25) is 5.02 Å². The lowest BCUT2D eigenvalue weighted by molar-refractivity contribution is -0.122. The van der Waals surface area contributed by atoms with Crippen LogP contribution in [0.25, 0.3) is 0 Å². The molecule has 3 rings (SSSR count). The third-order valence-corrected chi connectivity index (χ3v) is 5.08. The number of piperazine rings is 1. The van der Waals surface area contributed by atoms with Crippen molar-refractivity contribution in [1.82, 2.24) is 15.1 Å². The zero-order chi connectivity index (χ0) is 19.1. The Morgan fingerprint density at radius 3 is 2.67 bits per heavy atom. The number of halogens is 1. The molecule has 27 heavy (non-hydrogen) atoms. The Morgan fingerprint density at radius 1 is 1.26 bits per heavy atom. The van der Waals surface area contributed by atoms with Crippen molar-refractivity contribution in [1.29, 1.82) is 0 Å². The minimum Gasteiger partial charge on any atom is -0.390 e. The Labute approximate surface area is 165 Å². The summed E-state index contributed by atoms with van der Waals surface area (Å²) in [5.74, 6) is 0.0561. The molecule has 1 fully saturated rings. The van der Waals surface area contributed by atoms with E-state index in [-0.39, 0.29) is 12.0 Å². The molecule has 0 radical (unpaired) electrons. The molecule has 148 valence electrons. The number of carbonyl (C=O) groups excluding carboxylic acids is 1. The predicted octanol–water partition coefficient (Wildman–Crippen LogP) is 1.21. The summed E-state index contributed by atoms with van der Waals surface area (Å²) < 4.78 is 4.94. The van der Waals surface area contributed by atoms with Crippen molar-refractivity contribution >= 4 is 23.2 Å². The van der Waals surface area contributed by atoms with Crippen LogP contribution in [0.15, 0.2) is 29.4 Å². The number of benzene rings is 1. The third kappa shape index (κ3) is 6.17. The second-order valence-electron chi connectivity index (χ2n) is 6.90. The maximum absolute atomic E-state index is 11.9. The van der Waals surface area contributed by atoms with Gasteiger partial charge in [0.25, 0.3) is 0 Å². The first-order valence-electron chi connectivity index (χ1n) is 9.33. The average molecular weight is 395 g/mol. The number of nitrogens with zero attached hydrogens (tertiary/aromatic N) is 3. The van der Waals surface area contributed by atoms with Gasteiger partial charge in [-0.1, -0.05) is 28.9 Å². The van der Waals surface area contributed by atoms with E-state index < -0.39 is 0 Å². The van der Waals surface area contributed by atoms with Crippen molar-refractivity contribution in [2.75, 3.05) is 59.5 Å². The third-order valence-electron chi connectivity index (χ3n) is 4.83. The van der Waals surface area contributed by atoms with Crippen molar-refractivity contribution in [2.24, 2.45) is 5.16 Å². The summed E-state index contributed by atoms with van der Waals surface area (Å²) in [6, 6.07) is 7.70. The van der Waals surface area contributed by atoms with E-state index >= 15 is 0 Å². The summed E-state index contributed by atoms with van der Waals surface area (Å²) in [7, 11) is 1.63. The lowest BCUT2D eigenvalue weighted by atomic mass is 10.0. The van der Waals surface area contributed by atoms with E-state index in [4.69, 9.17) is 21.2 Å². The van der Waals surface area contributed by atoms with E-state index in [0.717, 1.165) is 55.4 Å². The molecule has 7 nitrogen and oxygen atoms in total. The topological polar surface area (TPSA) is 66.4 Å². The minimum atomic E-state index is 0.0561. The van der Waals surface area contributed by atoms with Crippen LogP contribution in [0.1, 0.15) is 12.0 Å². The number of nitrogens with one attached hydrogen (secondary N) is 1. The average Bonchev–Trinajstić information content (AvgIpc) is 3.13. The molecule has 1 amide bonds. The van der Waals surface area contributed by atoms with Crippen LogP contribution < -0.4 is 5.32 Å². The second-order valence-corrected chi connectivity index (χ2v) is 7.33. The summed E-state index contributed by atoms with van der Waals surface area (Å²) in [5, 5.41) is 7.83. The molecular formula is C19H27ClN4O3. The summed E-state index contributed by atoms with van der Waals surface area (Å²) in [5.41, 5.74) is 2.04. The molecule has 1 saturated heterocycles. The van der Waals surface area contributed by atoms with Gasteiger partial charge in [-0.2, -0.15) is 0 Å². The summed E-state index contributed by atoms with van der Waals surface area (Å²) in [4.78, 5) is 22.1. The van der Waals surface area contributed by atoms with Crippen molar-refractivity contribution in [2.45, 2.75) is 12.5 Å². The molecule has 0 spiro atoms. The van der Waals surface area contributed by atoms with E-state index in [9.17, 15) is 4.79 Å². The largest absolute Gasteiger partial charge is 0.390 e.